The molecule has 8 rings (SSSR count). The summed E-state index contributed by atoms with van der Waals surface area (Å²) in [5.41, 5.74) is 8.88. The highest BCUT2D eigenvalue weighted by molar-refractivity contribution is 6.30. The van der Waals surface area contributed by atoms with E-state index in [4.69, 9.17) is 16.3 Å². The summed E-state index contributed by atoms with van der Waals surface area (Å²) in [6.07, 6.45) is 14.6. The lowest BCUT2D eigenvalue weighted by molar-refractivity contribution is -0.172. The summed E-state index contributed by atoms with van der Waals surface area (Å²) in [5.74, 6) is 3.99. The molecule has 5 saturated carbocycles. The standard InChI is InChI=1S/C49H71ClN2O5.CH5N/c1-28(2)44-41(54)26-49(19-22-52-27-32-7-8-33(50)24-42(32)57-34-14-20-51-21-15-34)18-13-39-35(45(44)49)9-10-43-47(5)16-11-31(29(3)38(47)12-17-48(39,43)6)23-40(53)36-25-37(30(36)4)46(55)56;1-2/h7-8,24,28-31,34-39,43,51-52H,9-23,25-27H2,1-6H3,(H,55,56);2H2,1H3. The maximum Gasteiger partial charge on any atom is 0.306 e. The molecule has 1 saturated heterocycles. The molecular weight excluding hydrogens is 758 g/mol. The molecule has 6 fully saturated rings. The van der Waals surface area contributed by atoms with E-state index in [-0.39, 0.29) is 46.0 Å². The molecule has 1 aromatic carbocycles. The van der Waals surface area contributed by atoms with Gasteiger partial charge in [-0.25, -0.2) is 0 Å². The highest BCUT2D eigenvalue weighted by Gasteiger charge is 2.64. The summed E-state index contributed by atoms with van der Waals surface area (Å²) in [4.78, 5) is 39.2. The third-order valence-electron chi connectivity index (χ3n) is 18.2. The van der Waals surface area contributed by atoms with Gasteiger partial charge in [0.1, 0.15) is 17.6 Å². The Morgan fingerprint density at radius 3 is 2.34 bits per heavy atom. The fourth-order valence-electron chi connectivity index (χ4n) is 15.1. The van der Waals surface area contributed by atoms with Crippen LogP contribution in [0.5, 0.6) is 5.75 Å². The molecule has 0 amide bonds. The first-order valence-electron chi connectivity index (χ1n) is 23.6. The molecule has 9 heteroatoms. The number of rotatable bonds is 12. The van der Waals surface area contributed by atoms with Crippen LogP contribution in [0.4, 0.5) is 0 Å². The van der Waals surface area contributed by atoms with E-state index in [1.54, 1.807) is 5.57 Å². The van der Waals surface area contributed by atoms with Crippen molar-refractivity contribution in [3.8, 4) is 5.75 Å². The van der Waals surface area contributed by atoms with Crippen LogP contribution >= 0.6 is 11.6 Å². The zero-order valence-electron chi connectivity index (χ0n) is 37.3. The first-order chi connectivity index (χ1) is 28.2. The zero-order valence-corrected chi connectivity index (χ0v) is 38.1. The van der Waals surface area contributed by atoms with Gasteiger partial charge < -0.3 is 26.2 Å². The summed E-state index contributed by atoms with van der Waals surface area (Å²) in [6.45, 7) is 17.8. The number of hydrogen-bond donors (Lipinski definition) is 4. The number of Topliss-reactive ketones (excluding diaryl/α,β-unsaturated/α-hetero) is 2. The molecule has 0 radical (unpaired) electrons. The summed E-state index contributed by atoms with van der Waals surface area (Å²) in [7, 11) is 1.50. The Hall–Kier alpha value is -2.26. The Kier molecular flexibility index (Phi) is 13.5. The lowest BCUT2D eigenvalue weighted by atomic mass is 9.37. The Bertz CT molecular complexity index is 1760. The second kappa shape index (κ2) is 17.8. The first kappa shape index (κ1) is 44.8. The van der Waals surface area contributed by atoms with Gasteiger partial charge in [0, 0.05) is 41.3 Å². The first-order valence-corrected chi connectivity index (χ1v) is 24.0. The van der Waals surface area contributed by atoms with E-state index in [2.05, 4.69) is 57.1 Å². The Labute approximate surface area is 360 Å². The molecule has 59 heavy (non-hydrogen) atoms. The van der Waals surface area contributed by atoms with Gasteiger partial charge in [0.2, 0.25) is 0 Å². The zero-order chi connectivity index (χ0) is 42.4. The molecular formula is C50H76ClN3O5. The number of nitrogens with one attached hydrogen (secondary N) is 2. The Morgan fingerprint density at radius 1 is 0.949 bits per heavy atom. The summed E-state index contributed by atoms with van der Waals surface area (Å²) < 4.78 is 6.50. The number of halogens is 1. The van der Waals surface area contributed by atoms with Crippen LogP contribution < -0.4 is 21.1 Å². The number of nitrogens with two attached hydrogens (primary N) is 1. The quantitative estimate of drug-likeness (QED) is 0.153. The normalized spacial score (nSPS) is 39.2. The lowest BCUT2D eigenvalue weighted by Crippen LogP contribution is -2.60. The second-order valence-electron chi connectivity index (χ2n) is 21.1. The number of benzene rings is 1. The third-order valence-corrected chi connectivity index (χ3v) is 18.4. The number of aliphatic carboxylic acids is 1. The van der Waals surface area contributed by atoms with Gasteiger partial charge in [-0.05, 0) is 180 Å². The summed E-state index contributed by atoms with van der Waals surface area (Å²) in [6, 6.07) is 6.04. The number of carbonyl (C=O) groups is 3. The SMILES string of the molecule is CC(C)C1=C2C3CCC4C(C)(CCC5C(C)C(CC(=O)C6CC(C(=O)O)C6C)CCC54C)C3CCC2(CCNCc2ccc(Cl)cc2OC2CCNCC2)CC1=O.CN. The number of ether oxygens (including phenoxy) is 1. The van der Waals surface area contributed by atoms with Crippen molar-refractivity contribution in [3.05, 3.63) is 39.9 Å². The Balaban J connectivity index is 0.00000260. The van der Waals surface area contributed by atoms with Crippen molar-refractivity contribution in [3.63, 3.8) is 0 Å². The van der Waals surface area contributed by atoms with Crippen molar-refractivity contribution >= 4 is 29.1 Å². The molecule has 12 unspecified atom stereocenters. The summed E-state index contributed by atoms with van der Waals surface area (Å²) >= 11 is 6.44. The van der Waals surface area contributed by atoms with Gasteiger partial charge in [0.25, 0.3) is 0 Å². The molecule has 1 aliphatic heterocycles. The maximum atomic E-state index is 14.1. The fraction of sp³-hybridized carbons (Fsp3) is 0.780. The number of hydrogen-bond acceptors (Lipinski definition) is 7. The van der Waals surface area contributed by atoms with Crippen LogP contribution in [-0.2, 0) is 20.9 Å². The van der Waals surface area contributed by atoms with Crippen LogP contribution in [0.3, 0.4) is 0 Å². The molecule has 6 aliphatic carbocycles. The average molecular weight is 835 g/mol. The topological polar surface area (TPSA) is 131 Å². The van der Waals surface area contributed by atoms with Gasteiger partial charge in [-0.2, -0.15) is 0 Å². The van der Waals surface area contributed by atoms with E-state index in [9.17, 15) is 19.5 Å². The van der Waals surface area contributed by atoms with Crippen molar-refractivity contribution in [2.75, 3.05) is 26.7 Å². The number of carbonyl (C=O) groups excluding carboxylic acids is 2. The van der Waals surface area contributed by atoms with Gasteiger partial charge in [-0.3, -0.25) is 14.4 Å². The van der Waals surface area contributed by atoms with E-state index < -0.39 is 5.97 Å². The smallest absolute Gasteiger partial charge is 0.306 e. The largest absolute Gasteiger partial charge is 0.490 e. The molecule has 7 aliphatic rings. The fourth-order valence-corrected chi connectivity index (χ4v) is 15.3. The molecule has 5 N–H and O–H groups in total. The van der Waals surface area contributed by atoms with Crippen LogP contribution in [0.25, 0.3) is 0 Å². The van der Waals surface area contributed by atoms with Crippen LogP contribution in [0.2, 0.25) is 5.02 Å². The van der Waals surface area contributed by atoms with Gasteiger partial charge in [0.15, 0.2) is 5.78 Å². The molecule has 0 spiro atoms. The van der Waals surface area contributed by atoms with Crippen molar-refractivity contribution in [2.24, 2.45) is 81.2 Å². The number of carboxylic acids is 1. The predicted octanol–water partition coefficient (Wildman–Crippen LogP) is 9.66. The van der Waals surface area contributed by atoms with E-state index in [0.717, 1.165) is 69.6 Å². The minimum Gasteiger partial charge on any atom is -0.490 e. The highest BCUT2D eigenvalue weighted by Crippen LogP contribution is 2.72. The predicted molar refractivity (Wildman–Crippen MR) is 236 cm³/mol. The number of fused-ring (bicyclic) bond motifs is 7. The van der Waals surface area contributed by atoms with E-state index in [0.29, 0.717) is 71.4 Å². The van der Waals surface area contributed by atoms with Crippen molar-refractivity contribution in [1.29, 1.82) is 0 Å². The van der Waals surface area contributed by atoms with Gasteiger partial charge in [-0.15, -0.1) is 0 Å². The Morgan fingerprint density at radius 2 is 1.64 bits per heavy atom. The molecule has 0 aromatic heterocycles. The molecule has 0 bridgehead atoms. The number of piperidine rings is 1. The molecule has 1 heterocycles. The van der Waals surface area contributed by atoms with E-state index in [1.807, 2.05) is 19.1 Å². The molecule has 328 valence electrons. The van der Waals surface area contributed by atoms with Gasteiger partial charge >= 0.3 is 5.97 Å². The lowest BCUT2D eigenvalue weighted by Gasteiger charge is -2.67. The molecule has 1 aromatic rings. The van der Waals surface area contributed by atoms with Crippen molar-refractivity contribution in [2.45, 2.75) is 144 Å². The second-order valence-corrected chi connectivity index (χ2v) is 21.6. The van der Waals surface area contributed by atoms with Crippen LogP contribution in [0, 0.1) is 75.4 Å². The van der Waals surface area contributed by atoms with E-state index in [1.165, 1.54) is 51.1 Å². The van der Waals surface area contributed by atoms with Gasteiger partial charge in [-0.1, -0.05) is 64.8 Å². The highest BCUT2D eigenvalue weighted by atomic mass is 35.5. The molecule has 12 atom stereocenters. The minimum absolute atomic E-state index is 0.0366. The monoisotopic (exact) mass is 834 g/mol. The minimum atomic E-state index is -0.747. The summed E-state index contributed by atoms with van der Waals surface area (Å²) in [5, 5.41) is 17.4. The number of allylic oxidation sites excluding steroid dienone is 2. The number of carboxylic acid groups (broad SMARTS) is 1. The average Bonchev–Trinajstić information content (AvgIpc) is 3.51. The van der Waals surface area contributed by atoms with Gasteiger partial charge in [0.05, 0.1) is 5.92 Å². The number of ketones is 2. The molecule has 8 nitrogen and oxygen atoms in total. The third kappa shape index (κ3) is 8.13. The van der Waals surface area contributed by atoms with Crippen LogP contribution in [0.1, 0.15) is 137 Å². The van der Waals surface area contributed by atoms with Crippen molar-refractivity contribution in [1.82, 2.24) is 10.6 Å². The maximum absolute atomic E-state index is 14.1. The van der Waals surface area contributed by atoms with Crippen LogP contribution in [-0.4, -0.2) is 55.4 Å². The van der Waals surface area contributed by atoms with E-state index >= 15 is 0 Å². The van der Waals surface area contributed by atoms with Crippen LogP contribution in [0.15, 0.2) is 29.3 Å². The van der Waals surface area contributed by atoms with Crippen molar-refractivity contribution < 1.29 is 24.2 Å².